The molecule has 3 fully saturated rings. The van der Waals surface area contributed by atoms with E-state index < -0.39 is 0 Å². The van der Waals surface area contributed by atoms with E-state index in [4.69, 9.17) is 0 Å². The maximum atomic E-state index is 2.72. The van der Waals surface area contributed by atoms with E-state index in [9.17, 15) is 0 Å². The van der Waals surface area contributed by atoms with Gasteiger partial charge >= 0.3 is 0 Å². The third kappa shape index (κ3) is 4.12. The molecule has 4 atom stereocenters. The molecule has 0 heterocycles. The van der Waals surface area contributed by atoms with Gasteiger partial charge in [-0.15, -0.1) is 0 Å². The minimum atomic E-state index is -0.0373. The van der Waals surface area contributed by atoms with Gasteiger partial charge < -0.3 is 4.90 Å². The number of hydrogen-bond acceptors (Lipinski definition) is 1. The van der Waals surface area contributed by atoms with Crippen molar-refractivity contribution in [2.24, 2.45) is 17.8 Å². The number of anilines is 3. The van der Waals surface area contributed by atoms with Crippen molar-refractivity contribution in [2.45, 2.75) is 101 Å². The zero-order chi connectivity index (χ0) is 37.4. The summed E-state index contributed by atoms with van der Waals surface area (Å²) in [5, 5.41) is 0. The number of fused-ring (bicyclic) bond motifs is 16. The predicted molar refractivity (Wildman–Crippen MR) is 233 cm³/mol. The monoisotopic (exact) mass is 727 g/mol. The molecule has 6 aromatic carbocycles. The van der Waals surface area contributed by atoms with Crippen molar-refractivity contribution in [3.8, 4) is 33.4 Å². The number of benzene rings is 6. The lowest BCUT2D eigenvalue weighted by Crippen LogP contribution is -2.48. The van der Waals surface area contributed by atoms with Gasteiger partial charge in [0, 0.05) is 33.1 Å². The van der Waals surface area contributed by atoms with Gasteiger partial charge in [0.15, 0.2) is 0 Å². The van der Waals surface area contributed by atoms with Crippen molar-refractivity contribution in [2.75, 3.05) is 4.90 Å². The quantitative estimate of drug-likeness (QED) is 0.175. The first kappa shape index (κ1) is 33.3. The lowest BCUT2D eigenvalue weighted by Gasteiger charge is -2.54. The summed E-state index contributed by atoms with van der Waals surface area (Å²) >= 11 is 0. The summed E-state index contributed by atoms with van der Waals surface area (Å²) in [5.41, 5.74) is 21.8. The van der Waals surface area contributed by atoms with Crippen LogP contribution in [0.25, 0.3) is 33.4 Å². The third-order valence-corrected chi connectivity index (χ3v) is 16.3. The Bertz CT molecular complexity index is 2580. The van der Waals surface area contributed by atoms with Crippen molar-refractivity contribution in [3.05, 3.63) is 161 Å². The van der Waals surface area contributed by atoms with Crippen molar-refractivity contribution in [1.29, 1.82) is 0 Å². The van der Waals surface area contributed by atoms with Crippen molar-refractivity contribution < 1.29 is 0 Å². The predicted octanol–water partition coefficient (Wildman–Crippen LogP) is 14.8. The molecule has 56 heavy (non-hydrogen) atoms. The molecule has 0 amide bonds. The highest BCUT2D eigenvalue weighted by Gasteiger charge is 2.57. The van der Waals surface area contributed by atoms with Crippen molar-refractivity contribution in [3.63, 3.8) is 0 Å². The average Bonchev–Trinajstić information content (AvgIpc) is 3.98. The Kier molecular flexibility index (Phi) is 7.03. The van der Waals surface area contributed by atoms with Crippen LogP contribution in [-0.2, 0) is 16.2 Å². The molecule has 2 bridgehead atoms. The van der Waals surface area contributed by atoms with Crippen LogP contribution in [0.4, 0.5) is 17.1 Å². The SMILES string of the molecule is CCC1CC2CCCC(C2)C12c1ccccc1-c1c(N(c3ccc4c(c3)-c3ccccc3C4(C)C)c3cccc4c3-c3ccccc3C43CCCC3)cccc12. The average molecular weight is 728 g/mol. The fraction of sp³-hybridized carbons (Fsp3) is 0.345. The Morgan fingerprint density at radius 1 is 0.536 bits per heavy atom. The molecule has 6 aliphatic rings. The summed E-state index contributed by atoms with van der Waals surface area (Å²) < 4.78 is 0. The fourth-order valence-electron chi connectivity index (χ4n) is 14.2. The second-order valence-corrected chi connectivity index (χ2v) is 19.0. The highest BCUT2D eigenvalue weighted by molar-refractivity contribution is 6.01. The second kappa shape index (κ2) is 11.8. The summed E-state index contributed by atoms with van der Waals surface area (Å²) in [6, 6.07) is 50.5. The topological polar surface area (TPSA) is 3.24 Å². The molecule has 0 radical (unpaired) electrons. The first-order valence-electron chi connectivity index (χ1n) is 22.0. The Morgan fingerprint density at radius 2 is 1.14 bits per heavy atom. The van der Waals surface area contributed by atoms with Crippen LogP contribution in [0.5, 0.6) is 0 Å². The van der Waals surface area contributed by atoms with Gasteiger partial charge in [-0.1, -0.05) is 156 Å². The van der Waals surface area contributed by atoms with E-state index in [1.807, 2.05) is 0 Å². The number of hydrogen-bond donors (Lipinski definition) is 0. The molecule has 0 N–H and O–H groups in total. The van der Waals surface area contributed by atoms with Gasteiger partial charge in [0.05, 0.1) is 11.4 Å². The molecule has 0 aromatic heterocycles. The van der Waals surface area contributed by atoms with Crippen molar-refractivity contribution >= 4 is 17.1 Å². The van der Waals surface area contributed by atoms with Gasteiger partial charge in [0.25, 0.3) is 0 Å². The summed E-state index contributed by atoms with van der Waals surface area (Å²) in [6.45, 7) is 7.29. The molecule has 4 unspecified atom stereocenters. The molecule has 3 saturated carbocycles. The molecule has 2 spiro atoms. The van der Waals surface area contributed by atoms with E-state index in [1.165, 1.54) is 126 Å². The molecule has 6 aliphatic carbocycles. The van der Waals surface area contributed by atoms with Gasteiger partial charge in [-0.25, -0.2) is 0 Å². The number of rotatable bonds is 4. The van der Waals surface area contributed by atoms with Crippen LogP contribution >= 0.6 is 0 Å². The molecule has 1 nitrogen and oxygen atoms in total. The maximum Gasteiger partial charge on any atom is 0.0543 e. The van der Waals surface area contributed by atoms with Gasteiger partial charge in [0.2, 0.25) is 0 Å². The molecule has 278 valence electrons. The molecule has 1 heteroatoms. The molecule has 0 saturated heterocycles. The minimum absolute atomic E-state index is 0.0373. The smallest absolute Gasteiger partial charge is 0.0543 e. The maximum absolute atomic E-state index is 2.72. The van der Waals surface area contributed by atoms with Crippen LogP contribution in [0.1, 0.15) is 118 Å². The van der Waals surface area contributed by atoms with Crippen LogP contribution < -0.4 is 4.90 Å². The van der Waals surface area contributed by atoms with E-state index in [0.717, 1.165) is 5.92 Å². The van der Waals surface area contributed by atoms with E-state index in [-0.39, 0.29) is 16.2 Å². The van der Waals surface area contributed by atoms with Gasteiger partial charge in [-0.3, -0.25) is 0 Å². The van der Waals surface area contributed by atoms with Gasteiger partial charge in [-0.05, 0) is 130 Å². The zero-order valence-corrected chi connectivity index (χ0v) is 33.4. The van der Waals surface area contributed by atoms with Crippen LogP contribution in [-0.4, -0.2) is 0 Å². The Hall–Kier alpha value is -4.88. The van der Waals surface area contributed by atoms with E-state index in [0.29, 0.717) is 11.8 Å². The largest absolute Gasteiger partial charge is 0.309 e. The minimum Gasteiger partial charge on any atom is -0.309 e. The van der Waals surface area contributed by atoms with E-state index >= 15 is 0 Å². The van der Waals surface area contributed by atoms with Gasteiger partial charge in [-0.2, -0.15) is 0 Å². The van der Waals surface area contributed by atoms with Crippen LogP contribution in [0.3, 0.4) is 0 Å². The molecular weight excluding hydrogens is 675 g/mol. The summed E-state index contributed by atoms with van der Waals surface area (Å²) in [4.78, 5) is 2.72. The summed E-state index contributed by atoms with van der Waals surface area (Å²) in [6.07, 6.45) is 13.2. The van der Waals surface area contributed by atoms with E-state index in [2.05, 4.69) is 153 Å². The Labute approximate surface area is 333 Å². The molecule has 12 rings (SSSR count). The first-order chi connectivity index (χ1) is 27.5. The van der Waals surface area contributed by atoms with Crippen LogP contribution in [0, 0.1) is 17.8 Å². The lowest BCUT2D eigenvalue weighted by atomic mass is 9.50. The second-order valence-electron chi connectivity index (χ2n) is 19.0. The normalized spacial score (nSPS) is 25.0. The van der Waals surface area contributed by atoms with Gasteiger partial charge in [0.1, 0.15) is 0 Å². The Balaban J connectivity index is 1.16. The zero-order valence-electron chi connectivity index (χ0n) is 33.4. The molecular formula is C55H53N. The molecule has 6 aromatic rings. The first-order valence-corrected chi connectivity index (χ1v) is 22.0. The molecule has 0 aliphatic heterocycles. The lowest BCUT2D eigenvalue weighted by molar-refractivity contribution is 0.0557. The highest BCUT2D eigenvalue weighted by atomic mass is 15.1. The highest BCUT2D eigenvalue weighted by Crippen LogP contribution is 2.67. The fourth-order valence-corrected chi connectivity index (χ4v) is 14.2. The standard InChI is InChI=1S/C55H53N/c1-4-36-32-35-16-13-17-37(33-35)55(36)46-23-10-7-20-41(46)52-48(55)25-15-27-50(52)56(38-28-29-44-42(34-38)39-18-5-8-21-43(39)53(44,2)3)49-26-14-24-47-51(49)40-19-6-9-22-45(40)54(47)30-11-12-31-54/h5-10,14-15,18-29,34-37H,4,11-13,16-17,30-33H2,1-3H3. The van der Waals surface area contributed by atoms with Crippen LogP contribution in [0.15, 0.2) is 127 Å². The van der Waals surface area contributed by atoms with Crippen molar-refractivity contribution in [1.82, 2.24) is 0 Å². The number of nitrogens with zero attached hydrogens (tertiary/aromatic N) is 1. The van der Waals surface area contributed by atoms with E-state index in [1.54, 1.807) is 22.3 Å². The summed E-state index contributed by atoms with van der Waals surface area (Å²) in [5.74, 6) is 2.24. The third-order valence-electron chi connectivity index (χ3n) is 16.3. The summed E-state index contributed by atoms with van der Waals surface area (Å²) in [7, 11) is 0. The Morgan fingerprint density at radius 3 is 1.89 bits per heavy atom. The van der Waals surface area contributed by atoms with Crippen LogP contribution in [0.2, 0.25) is 0 Å².